The Morgan fingerprint density at radius 3 is 2.12 bits per heavy atom. The molecule has 2 unspecified atom stereocenters. The van der Waals surface area contributed by atoms with Crippen molar-refractivity contribution in [1.82, 2.24) is 5.32 Å². The van der Waals surface area contributed by atoms with Crippen molar-refractivity contribution in [1.29, 1.82) is 0 Å². The Morgan fingerprint density at radius 1 is 1.06 bits per heavy atom. The highest BCUT2D eigenvalue weighted by atomic mass is 16.2. The average Bonchev–Trinajstić information content (AvgIpc) is 2.29. The number of nitrogens with two attached hydrogens (primary N) is 3. The van der Waals surface area contributed by atoms with E-state index in [1.807, 2.05) is 6.92 Å². The molecule has 0 fully saturated rings. The van der Waals surface area contributed by atoms with E-state index in [0.717, 1.165) is 32.1 Å². The van der Waals surface area contributed by atoms with Crippen LogP contribution in [-0.2, 0) is 4.79 Å². The zero-order chi connectivity index (χ0) is 13.1. The molecule has 2 atom stereocenters. The summed E-state index contributed by atoms with van der Waals surface area (Å²) in [5.74, 6) is -0.0535. The summed E-state index contributed by atoms with van der Waals surface area (Å²) in [4.78, 5) is 11.7. The van der Waals surface area contributed by atoms with Crippen LogP contribution in [-0.4, -0.2) is 31.1 Å². The van der Waals surface area contributed by atoms with Crippen LogP contribution in [0.1, 0.15) is 45.4 Å². The molecule has 0 aromatic heterocycles. The first-order chi connectivity index (χ1) is 8.11. The lowest BCUT2D eigenvalue weighted by atomic mass is 10.1. The molecule has 0 aliphatic heterocycles. The maximum atomic E-state index is 11.7. The fraction of sp³-hybridized carbons (Fsp3) is 0.917. The Hall–Kier alpha value is -0.650. The highest BCUT2D eigenvalue weighted by molar-refractivity contribution is 5.81. The van der Waals surface area contributed by atoms with E-state index in [9.17, 15) is 4.79 Å². The van der Waals surface area contributed by atoms with Crippen molar-refractivity contribution in [3.05, 3.63) is 0 Å². The van der Waals surface area contributed by atoms with Gasteiger partial charge in [0.25, 0.3) is 0 Å². The summed E-state index contributed by atoms with van der Waals surface area (Å²) in [7, 11) is 0. The summed E-state index contributed by atoms with van der Waals surface area (Å²) < 4.78 is 0. The number of carbonyl (C=O) groups excluding carboxylic acids is 1. The third-order valence-electron chi connectivity index (χ3n) is 2.79. The molecule has 0 rings (SSSR count). The second-order valence-corrected chi connectivity index (χ2v) is 4.59. The second-order valence-electron chi connectivity index (χ2n) is 4.59. The van der Waals surface area contributed by atoms with Gasteiger partial charge in [0.15, 0.2) is 0 Å². The van der Waals surface area contributed by atoms with E-state index in [1.54, 1.807) is 0 Å². The molecule has 102 valence electrons. The van der Waals surface area contributed by atoms with Crippen LogP contribution in [0, 0.1) is 0 Å². The first-order valence-corrected chi connectivity index (χ1v) is 6.58. The molecule has 0 aliphatic rings. The van der Waals surface area contributed by atoms with Crippen LogP contribution < -0.4 is 22.5 Å². The largest absolute Gasteiger partial charge is 0.352 e. The molecule has 0 spiro atoms. The number of hydrogen-bond acceptors (Lipinski definition) is 4. The molecule has 0 radical (unpaired) electrons. The highest BCUT2D eigenvalue weighted by Crippen LogP contribution is 2.02. The molecule has 5 heteroatoms. The van der Waals surface area contributed by atoms with E-state index in [1.165, 1.54) is 0 Å². The van der Waals surface area contributed by atoms with Gasteiger partial charge < -0.3 is 22.5 Å². The normalized spacial score (nSPS) is 14.4. The van der Waals surface area contributed by atoms with E-state index in [4.69, 9.17) is 17.2 Å². The first kappa shape index (κ1) is 16.4. The summed E-state index contributed by atoms with van der Waals surface area (Å²) in [5, 5.41) is 2.93. The van der Waals surface area contributed by atoms with E-state index >= 15 is 0 Å². The van der Waals surface area contributed by atoms with Gasteiger partial charge in [0.05, 0.1) is 6.04 Å². The number of unbranched alkanes of at least 4 members (excludes halogenated alkanes) is 2. The number of carbonyl (C=O) groups is 1. The highest BCUT2D eigenvalue weighted by Gasteiger charge is 2.14. The van der Waals surface area contributed by atoms with Crippen LogP contribution in [0.25, 0.3) is 0 Å². The van der Waals surface area contributed by atoms with Crippen molar-refractivity contribution in [2.45, 2.75) is 57.5 Å². The lowest BCUT2D eigenvalue weighted by Crippen LogP contribution is -2.44. The van der Waals surface area contributed by atoms with Crippen molar-refractivity contribution in [3.8, 4) is 0 Å². The maximum Gasteiger partial charge on any atom is 0.237 e. The Kier molecular flexibility index (Phi) is 10.1. The summed E-state index contributed by atoms with van der Waals surface area (Å²) >= 11 is 0. The fourth-order valence-corrected chi connectivity index (χ4v) is 1.66. The summed E-state index contributed by atoms with van der Waals surface area (Å²) in [6.45, 7) is 3.37. The molecule has 0 aromatic rings. The standard InChI is InChI=1S/C12H28N4O/c1-10(6-2-4-8-13)16-12(17)11(15)7-3-5-9-14/h10-11H,2-9,13-15H2,1H3,(H,16,17). The minimum Gasteiger partial charge on any atom is -0.352 e. The van der Waals surface area contributed by atoms with Gasteiger partial charge in [-0.1, -0.05) is 12.8 Å². The van der Waals surface area contributed by atoms with Crippen LogP contribution in [0.5, 0.6) is 0 Å². The molecule has 5 nitrogen and oxygen atoms in total. The lowest BCUT2D eigenvalue weighted by molar-refractivity contribution is -0.123. The molecular weight excluding hydrogens is 216 g/mol. The van der Waals surface area contributed by atoms with Gasteiger partial charge >= 0.3 is 0 Å². The summed E-state index contributed by atoms with van der Waals surface area (Å²) in [6, 6.07) is -0.229. The van der Waals surface area contributed by atoms with Crippen molar-refractivity contribution < 1.29 is 4.79 Å². The minimum atomic E-state index is -0.404. The molecule has 0 aliphatic carbocycles. The molecule has 0 heterocycles. The Labute approximate surface area is 104 Å². The molecule has 0 bridgehead atoms. The lowest BCUT2D eigenvalue weighted by Gasteiger charge is -2.17. The Morgan fingerprint density at radius 2 is 1.59 bits per heavy atom. The number of amides is 1. The van der Waals surface area contributed by atoms with E-state index < -0.39 is 6.04 Å². The molecule has 7 N–H and O–H groups in total. The average molecular weight is 244 g/mol. The van der Waals surface area contributed by atoms with Gasteiger partial charge in [-0.2, -0.15) is 0 Å². The molecule has 17 heavy (non-hydrogen) atoms. The maximum absolute atomic E-state index is 11.7. The molecule has 0 saturated heterocycles. The summed E-state index contributed by atoms with van der Waals surface area (Å²) in [6.07, 6.45) is 5.54. The number of nitrogens with one attached hydrogen (secondary N) is 1. The third-order valence-corrected chi connectivity index (χ3v) is 2.79. The number of hydrogen-bond donors (Lipinski definition) is 4. The Balaban J connectivity index is 3.67. The van der Waals surface area contributed by atoms with Crippen molar-refractivity contribution in [2.75, 3.05) is 13.1 Å². The Bertz CT molecular complexity index is 199. The zero-order valence-electron chi connectivity index (χ0n) is 11.0. The van der Waals surface area contributed by atoms with Crippen LogP contribution >= 0.6 is 0 Å². The topological polar surface area (TPSA) is 107 Å². The van der Waals surface area contributed by atoms with Crippen LogP contribution in [0.2, 0.25) is 0 Å². The van der Waals surface area contributed by atoms with Gasteiger partial charge in [0, 0.05) is 6.04 Å². The fourth-order valence-electron chi connectivity index (χ4n) is 1.66. The smallest absolute Gasteiger partial charge is 0.237 e. The van der Waals surface area contributed by atoms with Crippen LogP contribution in [0.4, 0.5) is 0 Å². The molecule has 0 saturated carbocycles. The molecule has 1 amide bonds. The number of rotatable bonds is 10. The van der Waals surface area contributed by atoms with Gasteiger partial charge in [-0.25, -0.2) is 0 Å². The van der Waals surface area contributed by atoms with Crippen molar-refractivity contribution >= 4 is 5.91 Å². The first-order valence-electron chi connectivity index (χ1n) is 6.58. The van der Waals surface area contributed by atoms with Gasteiger partial charge in [-0.3, -0.25) is 4.79 Å². The van der Waals surface area contributed by atoms with E-state index in [2.05, 4.69) is 5.32 Å². The predicted octanol–water partition coefficient (Wildman–Crippen LogP) is 0.0764. The predicted molar refractivity (Wildman–Crippen MR) is 71.4 cm³/mol. The zero-order valence-corrected chi connectivity index (χ0v) is 11.0. The van der Waals surface area contributed by atoms with Crippen LogP contribution in [0.3, 0.4) is 0 Å². The minimum absolute atomic E-state index is 0.0535. The van der Waals surface area contributed by atoms with Crippen molar-refractivity contribution in [3.63, 3.8) is 0 Å². The van der Waals surface area contributed by atoms with Gasteiger partial charge in [0.2, 0.25) is 5.91 Å². The second kappa shape index (κ2) is 10.5. The van der Waals surface area contributed by atoms with Crippen LogP contribution in [0.15, 0.2) is 0 Å². The summed E-state index contributed by atoms with van der Waals surface area (Å²) in [5.41, 5.74) is 16.6. The quantitative estimate of drug-likeness (QED) is 0.408. The SMILES string of the molecule is CC(CCCCN)NC(=O)C(N)CCCCN. The van der Waals surface area contributed by atoms with Gasteiger partial charge in [-0.15, -0.1) is 0 Å². The molecule has 0 aromatic carbocycles. The molecular formula is C12H28N4O. The van der Waals surface area contributed by atoms with Crippen molar-refractivity contribution in [2.24, 2.45) is 17.2 Å². The monoisotopic (exact) mass is 244 g/mol. The van der Waals surface area contributed by atoms with Gasteiger partial charge in [-0.05, 0) is 45.7 Å². The van der Waals surface area contributed by atoms with E-state index in [0.29, 0.717) is 19.5 Å². The van der Waals surface area contributed by atoms with E-state index in [-0.39, 0.29) is 11.9 Å². The third kappa shape index (κ3) is 9.09. The van der Waals surface area contributed by atoms with Gasteiger partial charge in [0.1, 0.15) is 0 Å².